The fourth-order valence-corrected chi connectivity index (χ4v) is 24.7. The van der Waals surface area contributed by atoms with E-state index < -0.39 is 62.1 Å². The smallest absolute Gasteiger partial charge is 0.748 e. The molecule has 7 aromatic rings. The van der Waals surface area contributed by atoms with Crippen molar-refractivity contribution < 1.29 is 72.4 Å². The summed E-state index contributed by atoms with van der Waals surface area (Å²) >= 11 is 0. The zero-order chi connectivity index (χ0) is 70.2. The molecule has 9 N–H and O–H groups in total. The fourth-order valence-electron chi connectivity index (χ4n) is 23.6. The average molecular weight is 1420 g/mol. The van der Waals surface area contributed by atoms with Gasteiger partial charge in [-0.1, -0.05) is 158 Å². The zero-order valence-electron chi connectivity index (χ0n) is 59.5. The summed E-state index contributed by atoms with van der Waals surface area (Å²) in [7, 11) is -2.98. The largest absolute Gasteiger partial charge is 1.00 e. The van der Waals surface area contributed by atoms with E-state index in [1.54, 1.807) is 12.1 Å². The van der Waals surface area contributed by atoms with Crippen molar-refractivity contribution in [3.63, 3.8) is 0 Å². The van der Waals surface area contributed by atoms with Gasteiger partial charge in [0.05, 0.1) is 27.1 Å². The van der Waals surface area contributed by atoms with Gasteiger partial charge in [-0.25, -0.2) is 13.4 Å². The maximum atomic E-state index is 15.2. The molecule has 0 amide bonds. The Hall–Kier alpha value is -7.10. The maximum absolute atomic E-state index is 15.2. The molecule has 1 saturated heterocycles. The van der Waals surface area contributed by atoms with Crippen LogP contribution >= 0.6 is 0 Å². The summed E-state index contributed by atoms with van der Waals surface area (Å²) in [6.45, 7) is 2.81. The Morgan fingerprint density at radius 2 is 1.62 bits per heavy atom. The summed E-state index contributed by atoms with van der Waals surface area (Å²) < 4.78 is 59.2. The number of guanidine groups is 1. The zero-order valence-corrected chi connectivity index (χ0v) is 62.3. The van der Waals surface area contributed by atoms with E-state index in [0.29, 0.717) is 61.8 Å². The van der Waals surface area contributed by atoms with Crippen LogP contribution in [-0.4, -0.2) is 70.0 Å². The summed E-state index contributed by atoms with van der Waals surface area (Å²) in [4.78, 5) is 5.51. The van der Waals surface area contributed by atoms with Crippen LogP contribution in [0.3, 0.4) is 0 Å². The van der Waals surface area contributed by atoms with Gasteiger partial charge < -0.3 is 51.2 Å². The summed E-state index contributed by atoms with van der Waals surface area (Å²) in [5, 5.41) is 55.4. The molecule has 5 aliphatic heterocycles. The Balaban J connectivity index is 0.00000771. The molecule has 16 bridgehead atoms. The third kappa shape index (κ3) is 10.8. The number of ether oxygens (including phenoxy) is 2. The van der Waals surface area contributed by atoms with Crippen molar-refractivity contribution in [3.8, 4) is 23.3 Å². The van der Waals surface area contributed by atoms with Crippen molar-refractivity contribution in [1.82, 2.24) is 5.32 Å². The monoisotopic (exact) mass is 1410 g/mol. The second-order valence-corrected chi connectivity index (χ2v) is 34.6. The van der Waals surface area contributed by atoms with Gasteiger partial charge in [-0.15, -0.1) is 0 Å². The van der Waals surface area contributed by atoms with E-state index in [1.165, 1.54) is 49.7 Å². The first-order chi connectivity index (χ1) is 49.9. The van der Waals surface area contributed by atoms with E-state index in [-0.39, 0.29) is 125 Å². The Morgan fingerprint density at radius 3 is 2.43 bits per heavy atom. The van der Waals surface area contributed by atoms with Crippen molar-refractivity contribution in [2.45, 2.75) is 167 Å². The summed E-state index contributed by atoms with van der Waals surface area (Å²) in [6, 6.07) is 43.8. The van der Waals surface area contributed by atoms with Gasteiger partial charge in [0, 0.05) is 71.8 Å². The number of nitrogens with one attached hydrogen (secondary N) is 1. The van der Waals surface area contributed by atoms with Crippen LogP contribution in [0.5, 0.6) is 11.5 Å². The molecule has 3 fully saturated rings. The normalized spacial score (nSPS) is 35.3. The van der Waals surface area contributed by atoms with Crippen LogP contribution in [0.2, 0.25) is 0 Å². The van der Waals surface area contributed by atoms with Gasteiger partial charge in [-0.2, -0.15) is 0 Å². The first-order valence-corrected chi connectivity index (χ1v) is 39.6. The van der Waals surface area contributed by atoms with E-state index in [0.717, 1.165) is 77.6 Å². The van der Waals surface area contributed by atoms with E-state index in [4.69, 9.17) is 25.9 Å². The van der Waals surface area contributed by atoms with Crippen LogP contribution in [-0.2, 0) is 52.0 Å². The van der Waals surface area contributed by atoms with Crippen LogP contribution in [0.25, 0.3) is 16.8 Å². The van der Waals surface area contributed by atoms with Gasteiger partial charge >= 0.3 is 29.6 Å². The fraction of sp³-hybridized carbons (Fsp3) is 0.427. The number of phenols is 1. The number of hydrogen-bond acceptors (Lipinski definition) is 11. The minimum atomic E-state index is -5.00. The minimum Gasteiger partial charge on any atom is -0.748 e. The predicted molar refractivity (Wildman–Crippen MR) is 399 cm³/mol. The molecule has 15 heteroatoms. The number of aliphatic hydroxyl groups excluding tert-OH is 1. The van der Waals surface area contributed by atoms with E-state index in [2.05, 4.69) is 164 Å². The Labute approximate surface area is 632 Å². The molecule has 2 saturated carbocycles. The number of nitrogens with zero attached hydrogens (tertiary/aromatic N) is 1. The van der Waals surface area contributed by atoms with Crippen molar-refractivity contribution in [2.75, 3.05) is 13.7 Å². The summed E-state index contributed by atoms with van der Waals surface area (Å²) in [5.41, 5.74) is 26.4. The van der Waals surface area contributed by atoms with Crippen LogP contribution < -0.4 is 51.1 Å². The van der Waals surface area contributed by atoms with Crippen molar-refractivity contribution in [2.24, 2.45) is 69.7 Å². The maximum Gasteiger partial charge on any atom is 1.00 e. The SMILES string of the molecule is CNCc1cc2cccc3c2c2c1C[C@@H]1C=Cc4c([C@@H]5CC[C@@H]6[C@@H]7C=C[C@H]5[C@@]6(O)[C@H](Cc5ccccc5)[C@@H]([C@]5(N=C(N)N)Oc6ccc8c(c6)CC[C@@H](C)[C@@H]8C[C@@H](S(=O)(=O)[O-])[C@H]6C=C8C[C@H](C[C@H]9C[C@@H](CO)CC#Cc%10cc(O)ccc%10[C@@H]8O9)[C@@H]6c6ccc5cc6)C7)ccc(c41)[C@@]1(O)C=C[C@@H]3C[C@@H]21.[Na+]. The first kappa shape index (κ1) is 68.7. The molecule has 5 heterocycles. The number of nitrogens with two attached hydrogens (primary N) is 2. The number of aliphatic hydroxyl groups is 3. The molecule has 7 aromatic carbocycles. The second-order valence-electron chi connectivity index (χ2n) is 33.0. The van der Waals surface area contributed by atoms with Gasteiger partial charge in [0.25, 0.3) is 0 Å². The summed E-state index contributed by atoms with van der Waals surface area (Å²) in [6.07, 6.45) is 22.9. The van der Waals surface area contributed by atoms with Gasteiger partial charge in [0.15, 0.2) is 5.96 Å². The Bertz CT molecular complexity index is 5000. The Morgan fingerprint density at radius 1 is 0.798 bits per heavy atom. The van der Waals surface area contributed by atoms with Gasteiger partial charge in [-0.05, 0) is 251 Å². The molecule has 9 aliphatic carbocycles. The quantitative estimate of drug-likeness (QED) is 0.0179. The number of fused-ring (bicyclic) bond motifs is 11. The van der Waals surface area contributed by atoms with Crippen LogP contribution in [0, 0.1) is 65.1 Å². The van der Waals surface area contributed by atoms with E-state index >= 15 is 5.11 Å². The molecular formula is C89H91N4NaO9S. The number of aromatic hydroxyl groups is 1. The van der Waals surface area contributed by atoms with E-state index in [9.17, 15) is 28.3 Å². The third-order valence-corrected chi connectivity index (χ3v) is 29.2. The molecule has 0 spiro atoms. The van der Waals surface area contributed by atoms with Crippen molar-refractivity contribution in [3.05, 3.63) is 253 Å². The van der Waals surface area contributed by atoms with Gasteiger partial charge in [-0.3, -0.25) is 0 Å². The minimum absolute atomic E-state index is 0. The molecule has 21 rings (SSSR count). The van der Waals surface area contributed by atoms with Crippen LogP contribution in [0.1, 0.15) is 196 Å². The molecule has 528 valence electrons. The molecule has 13 nitrogen and oxygen atoms in total. The third-order valence-electron chi connectivity index (χ3n) is 27.9. The number of aliphatic imine (C=N–C) groups is 1. The van der Waals surface area contributed by atoms with E-state index in [1.807, 2.05) is 25.2 Å². The number of phenolic OH excluding ortho intramolecular Hbond substituents is 1. The number of aryl methyl sites for hydroxylation is 1. The predicted octanol–water partition coefficient (Wildman–Crippen LogP) is 11.0. The second kappa shape index (κ2) is 25.8. The topological polar surface area (TPSA) is 233 Å². The standard InChI is InChI=1S/C89H92N4O9S.Na/c1-48-14-15-53-39-63-23-26-65(53)71(48)45-80(103(98,99)100)73-42-59-37-58(40-64-34-50(47-94)10-6-11-52-38-62(95)22-25-67(52)85(59)101-64)81(73)51-16-20-61(21-17-51)89(102-63,93-86(90)91)78-44-55-19-29-75-69(28-30-74(55)88(75,97)77(78)35-49-8-4-3-5-9-49)68-27-31-76-82-57(18-24-70(68)82)41-72-60(46-92-2)36-56-12-7-13-66-54-32-33-87(76,96)79(43-54)84(72)83(56)66;/h3-5,7-9,12-13,16-27,29,31-33,36,38-39,42,48,50,54-55,57-58,64,69,71,73-75,77-81,85,92,94-97H,10,14-15,28,30,34-35,37,40-41,43-47H2,1-2H3,(H4,90,91,93)(H,98,99,100);/q;+1/p-1/t48-,50+,54-,55-,57+,58-,64-,69+,71+,73-,74-,75-,77-,78+,79+,80-,81+,85-,87+,88-,89-;/m1./s1. The molecule has 21 atom stereocenters. The van der Waals surface area contributed by atoms with Crippen LogP contribution in [0.4, 0.5) is 0 Å². The molecule has 0 radical (unpaired) electrons. The van der Waals surface area contributed by atoms with Crippen molar-refractivity contribution in [1.29, 1.82) is 0 Å². The number of benzene rings is 7. The Kier molecular flexibility index (Phi) is 17.1. The molecule has 14 aliphatic rings. The molecular weight excluding hydrogens is 1320 g/mol. The average Bonchev–Trinajstić information content (AvgIpc) is 0.915. The molecule has 104 heavy (non-hydrogen) atoms. The number of hydrogen-bond donors (Lipinski definition) is 7. The summed E-state index contributed by atoms with van der Waals surface area (Å²) in [5.74, 6) is 3.52. The number of allylic oxidation sites excluding steroid dienone is 4. The number of rotatable bonds is 9. The molecule has 0 aromatic heterocycles. The first-order valence-electron chi connectivity index (χ1n) is 38.1. The molecule has 0 unspecified atom stereocenters. The van der Waals surface area contributed by atoms with Gasteiger partial charge in [0.2, 0.25) is 5.72 Å². The van der Waals surface area contributed by atoms with Gasteiger partial charge in [0.1, 0.15) is 23.2 Å². The van der Waals surface area contributed by atoms with Crippen molar-refractivity contribution >= 4 is 32.9 Å². The van der Waals surface area contributed by atoms with Crippen LogP contribution in [0.15, 0.2) is 174 Å².